The molecule has 0 saturated carbocycles. The third kappa shape index (κ3) is 5.45. The van der Waals surface area contributed by atoms with E-state index >= 15 is 0 Å². The van der Waals surface area contributed by atoms with Gasteiger partial charge in [0.2, 0.25) is 15.9 Å². The Morgan fingerprint density at radius 1 is 1.26 bits per heavy atom. The maximum absolute atomic E-state index is 12.5. The zero-order valence-corrected chi connectivity index (χ0v) is 16.5. The number of carbonyl (C=O) groups excluding carboxylic acids is 1. The molecule has 146 valence electrons. The van der Waals surface area contributed by atoms with E-state index < -0.39 is 10.0 Å². The number of aromatic nitrogens is 2. The third-order valence-corrected chi connectivity index (χ3v) is 6.84. The lowest BCUT2D eigenvalue weighted by atomic mass is 10.4. The van der Waals surface area contributed by atoms with E-state index in [-0.39, 0.29) is 16.7 Å². The van der Waals surface area contributed by atoms with Gasteiger partial charge in [0.15, 0.2) is 0 Å². The normalized spacial score (nSPS) is 14.9. The fourth-order valence-corrected chi connectivity index (χ4v) is 4.80. The Hall–Kier alpha value is -2.08. The Labute approximate surface area is 161 Å². The Kier molecular flexibility index (Phi) is 6.37. The summed E-state index contributed by atoms with van der Waals surface area (Å²) >= 11 is 1.11. The van der Waals surface area contributed by atoms with Gasteiger partial charge in [-0.25, -0.2) is 23.1 Å². The molecular formula is C16H21N5O4S2. The average molecular weight is 412 g/mol. The van der Waals surface area contributed by atoms with E-state index in [1.165, 1.54) is 13.0 Å². The van der Waals surface area contributed by atoms with Crippen LogP contribution < -0.4 is 14.9 Å². The van der Waals surface area contributed by atoms with E-state index in [1.807, 2.05) is 0 Å². The van der Waals surface area contributed by atoms with Gasteiger partial charge in [0.1, 0.15) is 15.9 Å². The number of amides is 1. The fraction of sp³-hybridized carbons (Fsp3) is 0.438. The van der Waals surface area contributed by atoms with Crippen molar-refractivity contribution >= 4 is 33.1 Å². The first-order valence-electron chi connectivity index (χ1n) is 8.41. The standard InChI is InChI=1S/C16H21N5O4S2/c1-12(22)18-10-13-2-3-16(26-13)27(23,24)19-11-14-17-5-4-15(20-14)21-6-8-25-9-7-21/h2-5,19H,6-11H2,1H3,(H,18,22). The SMILES string of the molecule is CC(=O)NCc1ccc(S(=O)(=O)NCc2nccc(N3CCOCC3)n2)s1. The Morgan fingerprint density at radius 2 is 2.04 bits per heavy atom. The molecule has 1 amide bonds. The lowest BCUT2D eigenvalue weighted by Gasteiger charge is -2.27. The molecule has 3 rings (SSSR count). The second-order valence-electron chi connectivity index (χ2n) is 5.89. The Balaban J connectivity index is 1.62. The number of carbonyl (C=O) groups is 1. The number of anilines is 1. The van der Waals surface area contributed by atoms with Crippen molar-refractivity contribution in [2.24, 2.45) is 0 Å². The zero-order valence-electron chi connectivity index (χ0n) is 14.8. The summed E-state index contributed by atoms with van der Waals surface area (Å²) < 4.78 is 33.0. The first-order valence-corrected chi connectivity index (χ1v) is 10.7. The quantitative estimate of drug-likeness (QED) is 0.682. The van der Waals surface area contributed by atoms with E-state index in [4.69, 9.17) is 4.74 Å². The van der Waals surface area contributed by atoms with Crippen molar-refractivity contribution in [3.63, 3.8) is 0 Å². The maximum atomic E-state index is 12.5. The van der Waals surface area contributed by atoms with Gasteiger partial charge in [-0.2, -0.15) is 0 Å². The van der Waals surface area contributed by atoms with Gasteiger partial charge in [0.05, 0.1) is 26.3 Å². The Morgan fingerprint density at radius 3 is 2.78 bits per heavy atom. The molecule has 2 aromatic rings. The first-order chi connectivity index (χ1) is 12.9. The van der Waals surface area contributed by atoms with Crippen LogP contribution in [0.3, 0.4) is 0 Å². The summed E-state index contributed by atoms with van der Waals surface area (Å²) in [5.74, 6) is 0.997. The molecule has 0 spiro atoms. The van der Waals surface area contributed by atoms with Gasteiger partial charge in [0, 0.05) is 31.1 Å². The molecule has 0 aliphatic carbocycles. The first kappa shape index (κ1) is 19.7. The van der Waals surface area contributed by atoms with E-state index in [0.29, 0.717) is 25.6 Å². The van der Waals surface area contributed by atoms with Crippen LogP contribution in [-0.4, -0.2) is 50.6 Å². The summed E-state index contributed by atoms with van der Waals surface area (Å²) in [4.78, 5) is 22.4. The van der Waals surface area contributed by atoms with Crippen molar-refractivity contribution in [2.45, 2.75) is 24.2 Å². The molecule has 0 atom stereocenters. The van der Waals surface area contributed by atoms with E-state index in [2.05, 4.69) is 24.9 Å². The third-order valence-electron chi connectivity index (χ3n) is 3.86. The van der Waals surface area contributed by atoms with Crippen LogP contribution in [-0.2, 0) is 32.6 Å². The lowest BCUT2D eigenvalue weighted by molar-refractivity contribution is -0.119. The number of rotatable bonds is 7. The van der Waals surface area contributed by atoms with Crippen LogP contribution in [0.2, 0.25) is 0 Å². The smallest absolute Gasteiger partial charge is 0.250 e. The second kappa shape index (κ2) is 8.74. The molecule has 0 unspecified atom stereocenters. The molecule has 9 nitrogen and oxygen atoms in total. The number of nitrogens with zero attached hydrogens (tertiary/aromatic N) is 3. The Bertz CT molecular complexity index is 894. The van der Waals surface area contributed by atoms with E-state index in [9.17, 15) is 13.2 Å². The molecule has 2 N–H and O–H groups in total. The highest BCUT2D eigenvalue weighted by atomic mass is 32.2. The molecular weight excluding hydrogens is 390 g/mol. The van der Waals surface area contributed by atoms with Crippen molar-refractivity contribution in [3.8, 4) is 0 Å². The van der Waals surface area contributed by atoms with Gasteiger partial charge in [-0.3, -0.25) is 4.79 Å². The van der Waals surface area contributed by atoms with Crippen LogP contribution >= 0.6 is 11.3 Å². The van der Waals surface area contributed by atoms with Gasteiger partial charge < -0.3 is 15.0 Å². The minimum atomic E-state index is -3.67. The largest absolute Gasteiger partial charge is 0.378 e. The molecule has 0 bridgehead atoms. The van der Waals surface area contributed by atoms with Crippen LogP contribution in [0.5, 0.6) is 0 Å². The lowest BCUT2D eigenvalue weighted by Crippen LogP contribution is -2.37. The summed E-state index contributed by atoms with van der Waals surface area (Å²) in [5.41, 5.74) is 0. The molecule has 1 aliphatic rings. The second-order valence-corrected chi connectivity index (χ2v) is 9.05. The highest BCUT2D eigenvalue weighted by molar-refractivity contribution is 7.91. The minimum Gasteiger partial charge on any atom is -0.378 e. The number of ether oxygens (including phenoxy) is 1. The van der Waals surface area contributed by atoms with Gasteiger partial charge in [-0.1, -0.05) is 0 Å². The highest BCUT2D eigenvalue weighted by Gasteiger charge is 2.18. The molecule has 3 heterocycles. The molecule has 0 aromatic carbocycles. The van der Waals surface area contributed by atoms with Crippen LogP contribution in [0.1, 0.15) is 17.6 Å². The average Bonchev–Trinajstić information content (AvgIpc) is 3.16. The van der Waals surface area contributed by atoms with Gasteiger partial charge in [0.25, 0.3) is 0 Å². The summed E-state index contributed by atoms with van der Waals surface area (Å²) in [7, 11) is -3.67. The summed E-state index contributed by atoms with van der Waals surface area (Å²) in [6, 6.07) is 5.01. The van der Waals surface area contributed by atoms with Crippen molar-refractivity contribution in [3.05, 3.63) is 35.1 Å². The highest BCUT2D eigenvalue weighted by Crippen LogP contribution is 2.21. The molecule has 27 heavy (non-hydrogen) atoms. The van der Waals surface area contributed by atoms with Crippen LogP contribution in [0.25, 0.3) is 0 Å². The van der Waals surface area contributed by atoms with E-state index in [0.717, 1.165) is 35.1 Å². The monoisotopic (exact) mass is 411 g/mol. The predicted octanol–water partition coefficient (Wildman–Crippen LogP) is 0.489. The van der Waals surface area contributed by atoms with Gasteiger partial charge >= 0.3 is 0 Å². The number of hydrogen-bond donors (Lipinski definition) is 2. The van der Waals surface area contributed by atoms with Crippen LogP contribution in [0, 0.1) is 0 Å². The molecule has 11 heteroatoms. The number of nitrogens with one attached hydrogen (secondary N) is 2. The topological polar surface area (TPSA) is 114 Å². The molecule has 0 radical (unpaired) electrons. The number of thiophene rings is 1. The van der Waals surface area contributed by atoms with Crippen molar-refractivity contribution in [1.82, 2.24) is 20.0 Å². The number of morpholine rings is 1. The summed E-state index contributed by atoms with van der Waals surface area (Å²) in [6.07, 6.45) is 1.62. The number of hydrogen-bond acceptors (Lipinski definition) is 8. The summed E-state index contributed by atoms with van der Waals surface area (Å²) in [6.45, 7) is 4.50. The van der Waals surface area contributed by atoms with Crippen molar-refractivity contribution < 1.29 is 17.9 Å². The predicted molar refractivity (Wildman–Crippen MR) is 101 cm³/mol. The van der Waals surface area contributed by atoms with Gasteiger partial charge in [-0.15, -0.1) is 11.3 Å². The molecule has 2 aromatic heterocycles. The molecule has 1 aliphatic heterocycles. The number of sulfonamides is 1. The van der Waals surface area contributed by atoms with Crippen molar-refractivity contribution in [1.29, 1.82) is 0 Å². The maximum Gasteiger partial charge on any atom is 0.250 e. The fourth-order valence-electron chi connectivity index (χ4n) is 2.48. The zero-order chi connectivity index (χ0) is 19.3. The van der Waals surface area contributed by atoms with E-state index in [1.54, 1.807) is 18.3 Å². The van der Waals surface area contributed by atoms with Crippen LogP contribution in [0.4, 0.5) is 5.82 Å². The molecule has 1 fully saturated rings. The molecule has 1 saturated heterocycles. The van der Waals surface area contributed by atoms with Crippen LogP contribution in [0.15, 0.2) is 28.6 Å². The van der Waals surface area contributed by atoms with Crippen molar-refractivity contribution in [2.75, 3.05) is 31.2 Å². The van der Waals surface area contributed by atoms with Gasteiger partial charge in [-0.05, 0) is 18.2 Å². The summed E-state index contributed by atoms with van der Waals surface area (Å²) in [5, 5.41) is 2.64. The minimum absolute atomic E-state index is 0.000553.